The molecule has 158 valence electrons. The molecule has 1 fully saturated rings. The lowest BCUT2D eigenvalue weighted by Crippen LogP contribution is -2.28. The summed E-state index contributed by atoms with van der Waals surface area (Å²) in [5.41, 5.74) is 1.37. The minimum atomic E-state index is -1.55. The third-order valence-corrected chi connectivity index (χ3v) is 5.86. The standard InChI is InChI=1S/C21H19ClF3N3O2/c22-14-10-28(9-11-7-15(23)19(25)16(24)8-11)21(27-20(14)30)26-17-5-1-4-13-12(17)3-2-6-18(13)29/h7-8,10,13H,1-6,9H2,(H,26,27,30). The van der Waals surface area contributed by atoms with Crippen molar-refractivity contribution in [3.05, 3.63) is 68.0 Å². The molecular weight excluding hydrogens is 419 g/mol. The molecule has 0 radical (unpaired) electrons. The van der Waals surface area contributed by atoms with Crippen LogP contribution in [0.25, 0.3) is 0 Å². The first-order valence-electron chi connectivity index (χ1n) is 9.75. The lowest BCUT2D eigenvalue weighted by atomic mass is 9.75. The van der Waals surface area contributed by atoms with Gasteiger partial charge in [0, 0.05) is 24.2 Å². The van der Waals surface area contributed by atoms with Crippen molar-refractivity contribution >= 4 is 23.3 Å². The van der Waals surface area contributed by atoms with Crippen molar-refractivity contribution < 1.29 is 18.0 Å². The molecule has 0 saturated heterocycles. The number of anilines is 1. The van der Waals surface area contributed by atoms with Crippen molar-refractivity contribution in [3.63, 3.8) is 0 Å². The fourth-order valence-corrected chi connectivity index (χ4v) is 4.36. The molecule has 1 saturated carbocycles. The molecule has 2 aliphatic carbocycles. The molecule has 2 aromatic rings. The predicted octanol–water partition coefficient (Wildman–Crippen LogP) is 4.58. The highest BCUT2D eigenvalue weighted by Crippen LogP contribution is 2.38. The van der Waals surface area contributed by atoms with Gasteiger partial charge >= 0.3 is 0 Å². The summed E-state index contributed by atoms with van der Waals surface area (Å²) in [5, 5.41) is 3.00. The Balaban J connectivity index is 1.71. The van der Waals surface area contributed by atoms with E-state index in [1.165, 1.54) is 10.8 Å². The number of benzene rings is 1. The summed E-state index contributed by atoms with van der Waals surface area (Å²) in [6.45, 7) is -0.0889. The van der Waals surface area contributed by atoms with Crippen LogP contribution in [0.5, 0.6) is 0 Å². The number of carbonyl (C=O) groups is 1. The lowest BCUT2D eigenvalue weighted by molar-refractivity contribution is -0.123. The molecule has 1 heterocycles. The average molecular weight is 438 g/mol. The van der Waals surface area contributed by atoms with E-state index in [2.05, 4.69) is 10.3 Å². The zero-order valence-electron chi connectivity index (χ0n) is 16.0. The number of halogens is 4. The summed E-state index contributed by atoms with van der Waals surface area (Å²) in [6, 6.07) is 1.76. The van der Waals surface area contributed by atoms with Gasteiger partial charge in [0.05, 0.1) is 6.54 Å². The van der Waals surface area contributed by atoms with Crippen LogP contribution in [0.4, 0.5) is 19.1 Å². The van der Waals surface area contributed by atoms with Crippen molar-refractivity contribution in [2.75, 3.05) is 5.32 Å². The van der Waals surface area contributed by atoms with Crippen LogP contribution in [0, 0.1) is 23.4 Å². The van der Waals surface area contributed by atoms with Crippen LogP contribution in [0.3, 0.4) is 0 Å². The highest BCUT2D eigenvalue weighted by molar-refractivity contribution is 6.30. The van der Waals surface area contributed by atoms with Gasteiger partial charge < -0.3 is 9.88 Å². The molecule has 0 spiro atoms. The largest absolute Gasteiger partial charge is 0.329 e. The number of hydrogen-bond acceptors (Lipinski definition) is 4. The first kappa shape index (κ1) is 20.7. The summed E-state index contributed by atoms with van der Waals surface area (Å²) in [5.74, 6) is -3.89. The van der Waals surface area contributed by atoms with Crippen molar-refractivity contribution in [3.8, 4) is 0 Å². The molecule has 5 nitrogen and oxygen atoms in total. The molecule has 0 bridgehead atoms. The highest BCUT2D eigenvalue weighted by atomic mass is 35.5. The van der Waals surface area contributed by atoms with E-state index < -0.39 is 23.0 Å². The van der Waals surface area contributed by atoms with Gasteiger partial charge in [-0.25, -0.2) is 13.2 Å². The van der Waals surface area contributed by atoms with Gasteiger partial charge in [-0.15, -0.1) is 0 Å². The number of Topliss-reactive ketones (excluding diaryl/α,β-unsaturated/α-hetero) is 1. The number of nitrogens with one attached hydrogen (secondary N) is 1. The van der Waals surface area contributed by atoms with Gasteiger partial charge in [-0.2, -0.15) is 4.98 Å². The van der Waals surface area contributed by atoms with E-state index in [4.69, 9.17) is 11.6 Å². The predicted molar refractivity (Wildman–Crippen MR) is 106 cm³/mol. The number of allylic oxidation sites excluding steroid dienone is 2. The smallest absolute Gasteiger partial charge is 0.293 e. The van der Waals surface area contributed by atoms with Crippen molar-refractivity contribution in [2.45, 2.75) is 45.1 Å². The minimum absolute atomic E-state index is 0.0889. The Morgan fingerprint density at radius 2 is 1.83 bits per heavy atom. The normalized spacial score (nSPS) is 19.1. The second-order valence-electron chi connectivity index (χ2n) is 7.61. The number of fused-ring (bicyclic) bond motifs is 1. The molecule has 1 unspecified atom stereocenters. The summed E-state index contributed by atoms with van der Waals surface area (Å²) in [7, 11) is 0. The van der Waals surface area contributed by atoms with E-state index in [0.717, 1.165) is 49.1 Å². The molecule has 4 rings (SSSR count). The van der Waals surface area contributed by atoms with Crippen LogP contribution >= 0.6 is 11.6 Å². The first-order chi connectivity index (χ1) is 14.3. The fourth-order valence-electron chi connectivity index (χ4n) is 4.20. The van der Waals surface area contributed by atoms with Gasteiger partial charge in [0.15, 0.2) is 17.5 Å². The Morgan fingerprint density at radius 1 is 1.10 bits per heavy atom. The van der Waals surface area contributed by atoms with E-state index >= 15 is 0 Å². The zero-order chi connectivity index (χ0) is 21.4. The molecule has 30 heavy (non-hydrogen) atoms. The van der Waals surface area contributed by atoms with Crippen LogP contribution in [-0.2, 0) is 11.3 Å². The number of hydrogen-bond donors (Lipinski definition) is 1. The Hall–Kier alpha value is -2.61. The van der Waals surface area contributed by atoms with Gasteiger partial charge in [-0.3, -0.25) is 9.59 Å². The van der Waals surface area contributed by atoms with Gasteiger partial charge in [0.25, 0.3) is 5.56 Å². The van der Waals surface area contributed by atoms with Crippen LogP contribution in [0.15, 0.2) is 34.4 Å². The van der Waals surface area contributed by atoms with Crippen molar-refractivity contribution in [2.24, 2.45) is 5.92 Å². The molecule has 1 aromatic heterocycles. The van der Waals surface area contributed by atoms with E-state index in [1.807, 2.05) is 0 Å². The molecule has 1 atom stereocenters. The minimum Gasteiger partial charge on any atom is -0.329 e. The van der Waals surface area contributed by atoms with Gasteiger partial charge in [-0.1, -0.05) is 11.6 Å². The van der Waals surface area contributed by atoms with Crippen LogP contribution in [0.2, 0.25) is 5.02 Å². The molecule has 0 aliphatic heterocycles. The Morgan fingerprint density at radius 3 is 2.57 bits per heavy atom. The number of nitrogens with zero attached hydrogens (tertiary/aromatic N) is 2. The zero-order valence-corrected chi connectivity index (χ0v) is 16.7. The Bertz CT molecular complexity index is 1090. The van der Waals surface area contributed by atoms with Gasteiger partial charge in [0.2, 0.25) is 5.95 Å². The van der Waals surface area contributed by atoms with E-state index in [0.29, 0.717) is 12.8 Å². The highest BCUT2D eigenvalue weighted by Gasteiger charge is 2.32. The number of ketones is 1. The SMILES string of the molecule is O=C1CCCC2=C(Nc3nc(=O)c(Cl)cn3Cc3cc(F)c(F)c(F)c3)CCCC12. The monoisotopic (exact) mass is 437 g/mol. The first-order valence-corrected chi connectivity index (χ1v) is 10.1. The second kappa shape index (κ2) is 8.26. The molecular formula is C21H19ClF3N3O2. The molecule has 9 heteroatoms. The third kappa shape index (κ3) is 4.01. The Labute approximate surface area is 175 Å². The van der Waals surface area contributed by atoms with E-state index in [1.54, 1.807) is 0 Å². The number of rotatable bonds is 4. The molecule has 1 aromatic carbocycles. The number of carbonyl (C=O) groups excluding carboxylic acids is 1. The van der Waals surface area contributed by atoms with Crippen LogP contribution in [0.1, 0.15) is 44.1 Å². The fraction of sp³-hybridized carbons (Fsp3) is 0.381. The van der Waals surface area contributed by atoms with Crippen LogP contribution < -0.4 is 10.9 Å². The maximum Gasteiger partial charge on any atom is 0.293 e. The van der Waals surface area contributed by atoms with Crippen LogP contribution in [-0.4, -0.2) is 15.3 Å². The van der Waals surface area contributed by atoms with E-state index in [9.17, 15) is 22.8 Å². The average Bonchev–Trinajstić information content (AvgIpc) is 2.70. The molecule has 0 amide bonds. The summed E-state index contributed by atoms with van der Waals surface area (Å²) in [6.07, 6.45) is 5.82. The molecule has 1 N–H and O–H groups in total. The summed E-state index contributed by atoms with van der Waals surface area (Å²) < 4.78 is 41.9. The van der Waals surface area contributed by atoms with E-state index in [-0.39, 0.29) is 34.8 Å². The van der Waals surface area contributed by atoms with Gasteiger partial charge in [0.1, 0.15) is 10.8 Å². The summed E-state index contributed by atoms with van der Waals surface area (Å²) >= 11 is 5.92. The van der Waals surface area contributed by atoms with Crippen molar-refractivity contribution in [1.82, 2.24) is 9.55 Å². The maximum absolute atomic E-state index is 13.6. The van der Waals surface area contributed by atoms with Crippen molar-refractivity contribution in [1.29, 1.82) is 0 Å². The topological polar surface area (TPSA) is 64.0 Å². The van der Waals surface area contributed by atoms with Gasteiger partial charge in [-0.05, 0) is 55.4 Å². The quantitative estimate of drug-likeness (QED) is 0.711. The summed E-state index contributed by atoms with van der Waals surface area (Å²) in [4.78, 5) is 28.3. The number of aromatic nitrogens is 2. The Kier molecular flexibility index (Phi) is 5.69. The molecule has 2 aliphatic rings. The third-order valence-electron chi connectivity index (χ3n) is 5.60. The lowest BCUT2D eigenvalue weighted by Gasteiger charge is -2.32. The maximum atomic E-state index is 13.6. The second-order valence-corrected chi connectivity index (χ2v) is 8.02.